The fraction of sp³-hybridized carbons (Fsp3) is 0.400. The summed E-state index contributed by atoms with van der Waals surface area (Å²) in [6.45, 7) is 0.887. The molecule has 0 aromatic heterocycles. The third kappa shape index (κ3) is 6.41. The Hall–Kier alpha value is -3.26. The lowest BCUT2D eigenvalue weighted by Gasteiger charge is -2.32. The molecule has 0 radical (unpaired) electrons. The molecule has 34 heavy (non-hydrogen) atoms. The monoisotopic (exact) mass is 488 g/mol. The summed E-state index contributed by atoms with van der Waals surface area (Å²) in [5.74, 6) is 0.0946. The van der Waals surface area contributed by atoms with Crippen LogP contribution >= 0.6 is 11.6 Å². The van der Waals surface area contributed by atoms with E-state index in [0.29, 0.717) is 48.0 Å². The molecule has 0 saturated carbocycles. The average molecular weight is 489 g/mol. The lowest BCUT2D eigenvalue weighted by molar-refractivity contribution is -0.141. The number of carbonyl (C=O) groups is 3. The number of esters is 1. The molecule has 1 unspecified atom stereocenters. The van der Waals surface area contributed by atoms with E-state index in [9.17, 15) is 14.4 Å². The highest BCUT2D eigenvalue weighted by Gasteiger charge is 2.30. The van der Waals surface area contributed by atoms with Crippen molar-refractivity contribution in [1.82, 2.24) is 10.2 Å². The number of amides is 2. The number of ether oxygens (including phenoxy) is 3. The van der Waals surface area contributed by atoms with E-state index in [1.165, 1.54) is 21.3 Å². The van der Waals surface area contributed by atoms with Crippen LogP contribution in [0.4, 0.5) is 0 Å². The van der Waals surface area contributed by atoms with Gasteiger partial charge in [0.25, 0.3) is 5.91 Å². The largest absolute Gasteiger partial charge is 0.497 e. The van der Waals surface area contributed by atoms with Crippen LogP contribution in [0.15, 0.2) is 42.5 Å². The Morgan fingerprint density at radius 2 is 1.59 bits per heavy atom. The Labute approximate surface area is 204 Å². The first kappa shape index (κ1) is 25.4. The topological polar surface area (TPSA) is 94.2 Å². The molecular weight excluding hydrogens is 460 g/mol. The zero-order chi connectivity index (χ0) is 24.7. The van der Waals surface area contributed by atoms with Crippen LogP contribution in [0.1, 0.15) is 41.2 Å². The van der Waals surface area contributed by atoms with E-state index in [4.69, 9.17) is 25.8 Å². The smallest absolute Gasteiger partial charge is 0.307 e. The summed E-state index contributed by atoms with van der Waals surface area (Å²) in [5.41, 5.74) is 1.24. The third-order valence-electron chi connectivity index (χ3n) is 5.94. The molecule has 2 aromatic carbocycles. The maximum atomic E-state index is 13.0. The molecule has 1 atom stereocenters. The number of hydrogen-bond acceptors (Lipinski definition) is 6. The van der Waals surface area contributed by atoms with E-state index in [-0.39, 0.29) is 24.2 Å². The minimum Gasteiger partial charge on any atom is -0.497 e. The van der Waals surface area contributed by atoms with Gasteiger partial charge in [-0.15, -0.1) is 0 Å². The zero-order valence-corrected chi connectivity index (χ0v) is 20.3. The number of benzene rings is 2. The molecule has 2 aromatic rings. The Morgan fingerprint density at radius 1 is 1.00 bits per heavy atom. The first-order valence-electron chi connectivity index (χ1n) is 11.0. The molecule has 1 fully saturated rings. The standard InChI is InChI=1S/C25H29ClN2O6/c1-32-20-12-18(13-21(14-20)33-2)25(31)28-10-8-17(9-11-28)24(30)27-22(15-23(29)34-3)16-4-6-19(26)7-5-16/h4-7,12-14,17,22H,8-11,15H2,1-3H3,(H,27,30). The minimum absolute atomic E-state index is 0.0128. The van der Waals surface area contributed by atoms with Gasteiger partial charge in [0.05, 0.1) is 33.8 Å². The highest BCUT2D eigenvalue weighted by Crippen LogP contribution is 2.27. The van der Waals surface area contributed by atoms with Gasteiger partial charge in [-0.3, -0.25) is 14.4 Å². The number of piperidine rings is 1. The van der Waals surface area contributed by atoms with Crippen LogP contribution in [0.2, 0.25) is 5.02 Å². The minimum atomic E-state index is -0.527. The molecule has 182 valence electrons. The van der Waals surface area contributed by atoms with Crippen molar-refractivity contribution in [3.63, 3.8) is 0 Å². The van der Waals surface area contributed by atoms with Crippen LogP contribution in [0.3, 0.4) is 0 Å². The van der Waals surface area contributed by atoms with E-state index >= 15 is 0 Å². The number of likely N-dealkylation sites (tertiary alicyclic amines) is 1. The number of halogens is 1. The van der Waals surface area contributed by atoms with Crippen molar-refractivity contribution in [3.8, 4) is 11.5 Å². The summed E-state index contributed by atoms with van der Waals surface area (Å²) >= 11 is 5.97. The number of nitrogens with zero attached hydrogens (tertiary/aromatic N) is 1. The molecule has 2 amide bonds. The zero-order valence-electron chi connectivity index (χ0n) is 19.5. The van der Waals surface area contributed by atoms with Gasteiger partial charge in [-0.25, -0.2) is 0 Å². The molecule has 0 aliphatic carbocycles. The van der Waals surface area contributed by atoms with Crippen LogP contribution in [-0.2, 0) is 14.3 Å². The maximum absolute atomic E-state index is 13.0. The van der Waals surface area contributed by atoms with Gasteiger partial charge in [-0.05, 0) is 42.7 Å². The molecule has 1 aliphatic rings. The molecule has 8 nitrogen and oxygen atoms in total. The number of methoxy groups -OCH3 is 3. The van der Waals surface area contributed by atoms with E-state index in [2.05, 4.69) is 5.32 Å². The molecule has 1 heterocycles. The second-order valence-electron chi connectivity index (χ2n) is 8.06. The average Bonchev–Trinajstić information content (AvgIpc) is 2.87. The number of carbonyl (C=O) groups excluding carboxylic acids is 3. The quantitative estimate of drug-likeness (QED) is 0.570. The Bertz CT molecular complexity index is 996. The number of rotatable bonds is 8. The Kier molecular flexibility index (Phi) is 8.76. The summed E-state index contributed by atoms with van der Waals surface area (Å²) < 4.78 is 15.3. The van der Waals surface area contributed by atoms with E-state index in [0.717, 1.165) is 5.56 Å². The molecule has 1 N–H and O–H groups in total. The van der Waals surface area contributed by atoms with Crippen molar-refractivity contribution in [2.24, 2.45) is 5.92 Å². The van der Waals surface area contributed by atoms with Gasteiger partial charge in [0.15, 0.2) is 0 Å². The number of hydrogen-bond donors (Lipinski definition) is 1. The van der Waals surface area contributed by atoms with Crippen LogP contribution < -0.4 is 14.8 Å². The van der Waals surface area contributed by atoms with E-state index < -0.39 is 12.0 Å². The summed E-state index contributed by atoms with van der Waals surface area (Å²) in [4.78, 5) is 39.6. The van der Waals surface area contributed by atoms with Crippen LogP contribution in [0, 0.1) is 5.92 Å². The Morgan fingerprint density at radius 3 is 2.12 bits per heavy atom. The molecule has 9 heteroatoms. The summed E-state index contributed by atoms with van der Waals surface area (Å²) in [6, 6.07) is 11.5. The second kappa shape index (κ2) is 11.7. The van der Waals surface area contributed by atoms with E-state index in [1.807, 2.05) is 0 Å². The lowest BCUT2D eigenvalue weighted by Crippen LogP contribution is -2.44. The lowest BCUT2D eigenvalue weighted by atomic mass is 9.94. The van der Waals surface area contributed by atoms with Gasteiger partial charge in [0, 0.05) is 35.7 Å². The maximum Gasteiger partial charge on any atom is 0.307 e. The van der Waals surface area contributed by atoms with Gasteiger partial charge >= 0.3 is 5.97 Å². The van der Waals surface area contributed by atoms with Crippen molar-refractivity contribution in [1.29, 1.82) is 0 Å². The first-order valence-corrected chi connectivity index (χ1v) is 11.4. The molecule has 0 spiro atoms. The van der Waals surface area contributed by atoms with Crippen LogP contribution in [0.5, 0.6) is 11.5 Å². The normalized spacial score (nSPS) is 14.8. The summed E-state index contributed by atoms with van der Waals surface area (Å²) in [6.07, 6.45) is 1.05. The molecule has 1 saturated heterocycles. The van der Waals surface area contributed by atoms with Gasteiger partial charge in [-0.2, -0.15) is 0 Å². The molecule has 0 bridgehead atoms. The predicted octanol–water partition coefficient (Wildman–Crippen LogP) is 3.63. The highest BCUT2D eigenvalue weighted by atomic mass is 35.5. The number of nitrogens with one attached hydrogen (secondary N) is 1. The van der Waals surface area contributed by atoms with Gasteiger partial charge in [0.2, 0.25) is 5.91 Å². The molecule has 3 rings (SSSR count). The Balaban J connectivity index is 1.63. The SMILES string of the molecule is COC(=O)CC(NC(=O)C1CCN(C(=O)c2cc(OC)cc(OC)c2)CC1)c1ccc(Cl)cc1. The fourth-order valence-corrected chi connectivity index (χ4v) is 4.07. The van der Waals surface area contributed by atoms with Crippen LogP contribution in [0.25, 0.3) is 0 Å². The summed E-state index contributed by atoms with van der Waals surface area (Å²) in [5, 5.41) is 3.54. The van der Waals surface area contributed by atoms with Crippen molar-refractivity contribution >= 4 is 29.4 Å². The van der Waals surface area contributed by atoms with Crippen molar-refractivity contribution in [2.75, 3.05) is 34.4 Å². The van der Waals surface area contributed by atoms with Gasteiger partial charge in [-0.1, -0.05) is 23.7 Å². The second-order valence-corrected chi connectivity index (χ2v) is 8.50. The summed E-state index contributed by atoms with van der Waals surface area (Å²) in [7, 11) is 4.38. The molecular formula is C25H29ClN2O6. The fourth-order valence-electron chi connectivity index (χ4n) is 3.95. The van der Waals surface area contributed by atoms with E-state index in [1.54, 1.807) is 47.4 Å². The first-order chi connectivity index (χ1) is 16.3. The highest BCUT2D eigenvalue weighted by molar-refractivity contribution is 6.30. The van der Waals surface area contributed by atoms with Crippen molar-refractivity contribution in [2.45, 2.75) is 25.3 Å². The van der Waals surface area contributed by atoms with Crippen molar-refractivity contribution < 1.29 is 28.6 Å². The molecule has 1 aliphatic heterocycles. The third-order valence-corrected chi connectivity index (χ3v) is 6.19. The van der Waals surface area contributed by atoms with Crippen LogP contribution in [-0.4, -0.2) is 57.1 Å². The van der Waals surface area contributed by atoms with Crippen molar-refractivity contribution in [3.05, 3.63) is 58.6 Å². The van der Waals surface area contributed by atoms with Gasteiger partial charge in [0.1, 0.15) is 11.5 Å². The van der Waals surface area contributed by atoms with Gasteiger partial charge < -0.3 is 24.4 Å². The predicted molar refractivity (Wildman–Crippen MR) is 127 cm³/mol.